The summed E-state index contributed by atoms with van der Waals surface area (Å²) < 4.78 is 28.6. The van der Waals surface area contributed by atoms with Crippen LogP contribution < -0.4 is 10.9 Å². The van der Waals surface area contributed by atoms with Crippen LogP contribution in [0, 0.1) is 0 Å². The van der Waals surface area contributed by atoms with Gasteiger partial charge in [0.1, 0.15) is 5.69 Å². The van der Waals surface area contributed by atoms with Crippen molar-refractivity contribution in [1.29, 1.82) is 0 Å². The quantitative estimate of drug-likeness (QED) is 0.602. The van der Waals surface area contributed by atoms with Crippen molar-refractivity contribution >= 4 is 21.6 Å². The molecule has 0 radical (unpaired) electrons. The molecule has 0 aliphatic carbocycles. The number of nitrogens with one attached hydrogen (secondary N) is 1. The molecule has 1 saturated heterocycles. The van der Waals surface area contributed by atoms with Gasteiger partial charge in [-0.2, -0.15) is 9.40 Å². The molecule has 172 valence electrons. The molecular weight excluding hydrogens is 440 g/mol. The topological polar surface area (TPSA) is 101 Å². The summed E-state index contributed by atoms with van der Waals surface area (Å²) in [5.41, 5.74) is 1.12. The monoisotopic (exact) mass is 466 g/mol. The molecule has 9 heteroatoms. The van der Waals surface area contributed by atoms with Crippen LogP contribution in [-0.4, -0.2) is 41.5 Å². The zero-order valence-electron chi connectivity index (χ0n) is 18.2. The maximum absolute atomic E-state index is 12.9. The Morgan fingerprint density at radius 1 is 0.879 bits per heavy atom. The van der Waals surface area contributed by atoms with Gasteiger partial charge in [-0.25, -0.2) is 13.1 Å². The number of carbonyl (C=O) groups excluding carboxylic acids is 1. The van der Waals surface area contributed by atoms with Crippen LogP contribution in [0.3, 0.4) is 0 Å². The van der Waals surface area contributed by atoms with E-state index in [0.717, 1.165) is 31.2 Å². The van der Waals surface area contributed by atoms with E-state index in [9.17, 15) is 18.0 Å². The Morgan fingerprint density at radius 2 is 1.55 bits per heavy atom. The minimum atomic E-state index is -3.55. The molecule has 1 aliphatic rings. The second-order valence-corrected chi connectivity index (χ2v) is 9.93. The summed E-state index contributed by atoms with van der Waals surface area (Å²) in [5.74, 6) is -0.486. The average Bonchev–Trinajstić information content (AvgIpc) is 3.12. The summed E-state index contributed by atoms with van der Waals surface area (Å²) in [4.78, 5) is 25.0. The van der Waals surface area contributed by atoms with E-state index in [1.807, 2.05) is 30.3 Å². The van der Waals surface area contributed by atoms with E-state index < -0.39 is 15.9 Å². The Labute approximate surface area is 192 Å². The molecule has 4 rings (SSSR count). The van der Waals surface area contributed by atoms with Gasteiger partial charge >= 0.3 is 0 Å². The number of aromatic nitrogens is 2. The molecule has 0 atom stereocenters. The van der Waals surface area contributed by atoms with Crippen LogP contribution in [0.25, 0.3) is 0 Å². The number of sulfonamides is 1. The number of nitrogens with zero attached hydrogens (tertiary/aromatic N) is 3. The van der Waals surface area contributed by atoms with Crippen molar-refractivity contribution in [3.8, 4) is 0 Å². The van der Waals surface area contributed by atoms with Gasteiger partial charge in [-0.1, -0.05) is 43.2 Å². The second kappa shape index (κ2) is 10.1. The van der Waals surface area contributed by atoms with Crippen molar-refractivity contribution in [2.24, 2.45) is 0 Å². The van der Waals surface area contributed by atoms with Gasteiger partial charge in [0.05, 0.1) is 11.4 Å². The molecule has 0 bridgehead atoms. The molecule has 1 aliphatic heterocycles. The summed E-state index contributed by atoms with van der Waals surface area (Å²) in [6, 6.07) is 18.2. The molecule has 3 aromatic rings. The van der Waals surface area contributed by atoms with Crippen LogP contribution in [0.1, 0.15) is 41.7 Å². The van der Waals surface area contributed by atoms with Gasteiger partial charge in [0.15, 0.2) is 0 Å². The van der Waals surface area contributed by atoms with Gasteiger partial charge in [0.2, 0.25) is 10.0 Å². The lowest BCUT2D eigenvalue weighted by Gasteiger charge is -2.20. The summed E-state index contributed by atoms with van der Waals surface area (Å²) in [5, 5.41) is 6.89. The lowest BCUT2D eigenvalue weighted by molar-refractivity contribution is 0.102. The third-order valence-corrected chi connectivity index (χ3v) is 7.50. The number of benzene rings is 2. The summed E-state index contributed by atoms with van der Waals surface area (Å²) in [6.07, 6.45) is 3.83. The molecule has 33 heavy (non-hydrogen) atoms. The number of anilines is 1. The standard InChI is InChI=1S/C24H26N4O4S/c29-23-15-14-22(26-28(23)18-19-8-4-3-5-9-19)24(30)25-20-10-12-21(13-11-20)33(31,32)27-16-6-1-2-7-17-27/h3-5,8-15H,1-2,6-7,16-18H2,(H,25,30). The maximum atomic E-state index is 12.9. The number of amides is 1. The normalized spacial score (nSPS) is 15.0. The fourth-order valence-electron chi connectivity index (χ4n) is 3.78. The Kier molecular flexibility index (Phi) is 7.00. The van der Waals surface area contributed by atoms with Crippen LogP contribution in [-0.2, 0) is 16.6 Å². The van der Waals surface area contributed by atoms with Crippen LogP contribution in [0.2, 0.25) is 0 Å². The molecule has 2 heterocycles. The van der Waals surface area contributed by atoms with E-state index in [0.29, 0.717) is 18.8 Å². The molecule has 2 aromatic carbocycles. The summed E-state index contributed by atoms with van der Waals surface area (Å²) in [6.45, 7) is 1.32. The first kappa shape index (κ1) is 22.9. The SMILES string of the molecule is O=C(Nc1ccc(S(=O)(=O)N2CCCCCC2)cc1)c1ccc(=O)n(Cc2ccccc2)n1. The molecule has 1 aromatic heterocycles. The highest BCUT2D eigenvalue weighted by molar-refractivity contribution is 7.89. The number of rotatable bonds is 6. The fourth-order valence-corrected chi connectivity index (χ4v) is 5.29. The van der Waals surface area contributed by atoms with Crippen LogP contribution >= 0.6 is 0 Å². The minimum Gasteiger partial charge on any atom is -0.321 e. The summed E-state index contributed by atoms with van der Waals surface area (Å²) >= 11 is 0. The lowest BCUT2D eigenvalue weighted by atomic mass is 10.2. The molecule has 1 N–H and O–H groups in total. The van der Waals surface area contributed by atoms with Crippen molar-refractivity contribution < 1.29 is 13.2 Å². The highest BCUT2D eigenvalue weighted by Crippen LogP contribution is 2.22. The van der Waals surface area contributed by atoms with Crippen LogP contribution in [0.5, 0.6) is 0 Å². The molecule has 0 spiro atoms. The Morgan fingerprint density at radius 3 is 2.21 bits per heavy atom. The van der Waals surface area contributed by atoms with Crippen LogP contribution in [0.4, 0.5) is 5.69 Å². The first-order valence-electron chi connectivity index (χ1n) is 11.0. The molecule has 1 amide bonds. The summed E-state index contributed by atoms with van der Waals surface area (Å²) in [7, 11) is -3.55. The molecule has 0 unspecified atom stereocenters. The predicted molar refractivity (Wildman–Crippen MR) is 126 cm³/mol. The van der Waals surface area contributed by atoms with E-state index in [-0.39, 0.29) is 22.7 Å². The van der Waals surface area contributed by atoms with Gasteiger partial charge in [-0.15, -0.1) is 0 Å². The van der Waals surface area contributed by atoms with Gasteiger partial charge in [-0.3, -0.25) is 9.59 Å². The first-order chi connectivity index (χ1) is 15.9. The average molecular weight is 467 g/mol. The van der Waals surface area contributed by atoms with Crippen molar-refractivity contribution in [1.82, 2.24) is 14.1 Å². The third-order valence-electron chi connectivity index (χ3n) is 5.59. The van der Waals surface area contributed by atoms with Gasteiger partial charge in [0.25, 0.3) is 11.5 Å². The van der Waals surface area contributed by atoms with E-state index in [4.69, 9.17) is 0 Å². The zero-order chi connectivity index (χ0) is 23.3. The van der Waals surface area contributed by atoms with Crippen molar-refractivity contribution in [2.75, 3.05) is 18.4 Å². The van der Waals surface area contributed by atoms with E-state index >= 15 is 0 Å². The third kappa shape index (κ3) is 5.55. The van der Waals surface area contributed by atoms with Gasteiger partial charge < -0.3 is 5.32 Å². The Hall–Kier alpha value is -3.30. The highest BCUT2D eigenvalue weighted by atomic mass is 32.2. The molecule has 0 saturated carbocycles. The van der Waals surface area contributed by atoms with Crippen molar-refractivity contribution in [2.45, 2.75) is 37.1 Å². The van der Waals surface area contributed by atoms with Crippen molar-refractivity contribution in [3.63, 3.8) is 0 Å². The highest BCUT2D eigenvalue weighted by Gasteiger charge is 2.25. The fraction of sp³-hybridized carbons (Fsp3) is 0.292. The van der Waals surface area contributed by atoms with Crippen molar-refractivity contribution in [3.05, 3.63) is 88.3 Å². The van der Waals surface area contributed by atoms with E-state index in [2.05, 4.69) is 10.4 Å². The number of carbonyl (C=O) groups is 1. The lowest BCUT2D eigenvalue weighted by Crippen LogP contribution is -2.31. The maximum Gasteiger partial charge on any atom is 0.276 e. The van der Waals surface area contributed by atoms with Gasteiger partial charge in [-0.05, 0) is 48.7 Å². The minimum absolute atomic E-state index is 0.0896. The number of hydrogen-bond acceptors (Lipinski definition) is 5. The predicted octanol–water partition coefficient (Wildman–Crippen LogP) is 3.11. The smallest absolute Gasteiger partial charge is 0.276 e. The molecular formula is C24H26N4O4S. The zero-order valence-corrected chi connectivity index (χ0v) is 19.0. The van der Waals surface area contributed by atoms with Gasteiger partial charge in [0, 0.05) is 24.8 Å². The Bertz CT molecular complexity index is 1260. The van der Waals surface area contributed by atoms with E-state index in [1.54, 1.807) is 12.1 Å². The Balaban J connectivity index is 1.46. The van der Waals surface area contributed by atoms with E-state index in [1.165, 1.54) is 33.3 Å². The number of hydrogen-bond donors (Lipinski definition) is 1. The molecule has 8 nitrogen and oxygen atoms in total. The largest absolute Gasteiger partial charge is 0.321 e. The molecule has 1 fully saturated rings. The van der Waals surface area contributed by atoms with Crippen LogP contribution in [0.15, 0.2) is 76.4 Å². The second-order valence-electron chi connectivity index (χ2n) is 8.00. The first-order valence-corrected chi connectivity index (χ1v) is 12.4.